The molecule has 5 aromatic rings. The van der Waals surface area contributed by atoms with E-state index in [1.54, 1.807) is 0 Å². The van der Waals surface area contributed by atoms with Crippen LogP contribution in [0.4, 0.5) is 17.1 Å². The average Bonchev–Trinajstić information content (AvgIpc) is 2.81. The molecule has 1 nitrogen and oxygen atoms in total. The summed E-state index contributed by atoms with van der Waals surface area (Å²) in [5.41, 5.74) is 7.21. The predicted octanol–water partition coefficient (Wildman–Crippen LogP) is 6.24. The average molecular weight is 383 g/mol. The summed E-state index contributed by atoms with van der Waals surface area (Å²) >= 11 is 0. The van der Waals surface area contributed by atoms with Gasteiger partial charge < -0.3 is 4.90 Å². The van der Waals surface area contributed by atoms with Crippen molar-refractivity contribution < 1.29 is 0 Å². The van der Waals surface area contributed by atoms with Crippen molar-refractivity contribution in [2.45, 2.75) is 0 Å². The fraction of sp³-hybridized carbons (Fsp3) is 0. The SMILES string of the molecule is Bc1ccc(N(c2ccccc2)c2ccc(-c3cccc4ccccc34)cc2)cc1. The first-order valence-electron chi connectivity index (χ1n) is 10.3. The molecule has 0 N–H and O–H groups in total. The van der Waals surface area contributed by atoms with E-state index in [1.165, 1.54) is 27.4 Å². The van der Waals surface area contributed by atoms with Gasteiger partial charge in [0.2, 0.25) is 0 Å². The van der Waals surface area contributed by atoms with Crippen molar-refractivity contribution in [1.82, 2.24) is 0 Å². The van der Waals surface area contributed by atoms with Crippen LogP contribution in [0, 0.1) is 0 Å². The van der Waals surface area contributed by atoms with Gasteiger partial charge >= 0.3 is 0 Å². The van der Waals surface area contributed by atoms with E-state index in [2.05, 4.69) is 134 Å². The van der Waals surface area contributed by atoms with Crippen LogP contribution in [0.2, 0.25) is 0 Å². The summed E-state index contributed by atoms with van der Waals surface area (Å²) < 4.78 is 0. The molecule has 2 heteroatoms. The number of nitrogens with zero attached hydrogens (tertiary/aromatic N) is 1. The Balaban J connectivity index is 1.59. The zero-order chi connectivity index (χ0) is 20.3. The largest absolute Gasteiger partial charge is 0.311 e. The molecule has 5 rings (SSSR count). The number of rotatable bonds is 4. The van der Waals surface area contributed by atoms with Crippen LogP contribution < -0.4 is 10.4 Å². The zero-order valence-electron chi connectivity index (χ0n) is 17.0. The van der Waals surface area contributed by atoms with Gasteiger partial charge in [-0.1, -0.05) is 90.4 Å². The van der Waals surface area contributed by atoms with Crippen LogP contribution in [0.5, 0.6) is 0 Å². The van der Waals surface area contributed by atoms with Crippen LogP contribution in [0.15, 0.2) is 121 Å². The van der Waals surface area contributed by atoms with Crippen molar-refractivity contribution in [2.75, 3.05) is 4.90 Å². The molecular weight excluding hydrogens is 361 g/mol. The second-order valence-electron chi connectivity index (χ2n) is 7.58. The summed E-state index contributed by atoms with van der Waals surface area (Å²) in [6.45, 7) is 0. The maximum atomic E-state index is 2.30. The summed E-state index contributed by atoms with van der Waals surface area (Å²) in [5.74, 6) is 0. The van der Waals surface area contributed by atoms with E-state index >= 15 is 0 Å². The van der Waals surface area contributed by atoms with E-state index in [0.717, 1.165) is 17.1 Å². The van der Waals surface area contributed by atoms with Crippen LogP contribution >= 0.6 is 0 Å². The van der Waals surface area contributed by atoms with Gasteiger partial charge in [0.1, 0.15) is 7.85 Å². The maximum absolute atomic E-state index is 2.30. The molecule has 0 heterocycles. The molecule has 0 aliphatic heterocycles. The van der Waals surface area contributed by atoms with Gasteiger partial charge in [-0.15, -0.1) is 0 Å². The third-order valence-corrected chi connectivity index (χ3v) is 5.53. The summed E-state index contributed by atoms with van der Waals surface area (Å²) in [7, 11) is 2.12. The van der Waals surface area contributed by atoms with Gasteiger partial charge in [0.15, 0.2) is 0 Å². The first kappa shape index (κ1) is 18.3. The molecule has 0 aromatic heterocycles. The van der Waals surface area contributed by atoms with E-state index in [4.69, 9.17) is 0 Å². The second-order valence-corrected chi connectivity index (χ2v) is 7.58. The number of benzene rings is 5. The van der Waals surface area contributed by atoms with Crippen LogP contribution in [-0.2, 0) is 0 Å². The van der Waals surface area contributed by atoms with Crippen molar-refractivity contribution in [3.8, 4) is 11.1 Å². The third-order valence-electron chi connectivity index (χ3n) is 5.53. The molecule has 0 aliphatic carbocycles. The summed E-state index contributed by atoms with van der Waals surface area (Å²) in [6.07, 6.45) is 0. The lowest BCUT2D eigenvalue weighted by molar-refractivity contribution is 1.29. The van der Waals surface area contributed by atoms with E-state index < -0.39 is 0 Å². The standard InChI is InChI=1S/C28H22BN/c29-23-15-19-26(20-16-23)30(24-9-2-1-3-10-24)25-17-13-22(14-18-25)28-12-6-8-21-7-4-5-11-27(21)28/h1-20H,29H2. The summed E-state index contributed by atoms with van der Waals surface area (Å²) in [6, 6.07) is 43.2. The smallest absolute Gasteiger partial charge is 0.139 e. The third kappa shape index (κ3) is 3.49. The Morgan fingerprint density at radius 2 is 1.03 bits per heavy atom. The highest BCUT2D eigenvalue weighted by atomic mass is 15.1. The van der Waals surface area contributed by atoms with Crippen molar-refractivity contribution in [3.63, 3.8) is 0 Å². The predicted molar refractivity (Wildman–Crippen MR) is 132 cm³/mol. The molecule has 0 atom stereocenters. The number of hydrogen-bond donors (Lipinski definition) is 0. The Bertz CT molecular complexity index is 1270. The van der Waals surface area contributed by atoms with Gasteiger partial charge in [-0.25, -0.2) is 0 Å². The molecule has 0 unspecified atom stereocenters. The number of anilines is 3. The Hall–Kier alpha value is -3.78. The fourth-order valence-electron chi connectivity index (χ4n) is 3.99. The van der Waals surface area contributed by atoms with Gasteiger partial charge in [-0.3, -0.25) is 0 Å². The molecule has 0 fully saturated rings. The fourth-order valence-corrected chi connectivity index (χ4v) is 3.99. The topological polar surface area (TPSA) is 3.24 Å². The quantitative estimate of drug-likeness (QED) is 0.332. The lowest BCUT2D eigenvalue weighted by Crippen LogP contribution is -2.11. The van der Waals surface area contributed by atoms with E-state index in [9.17, 15) is 0 Å². The van der Waals surface area contributed by atoms with E-state index in [1.807, 2.05) is 0 Å². The Kier molecular flexibility index (Phi) is 4.82. The van der Waals surface area contributed by atoms with Gasteiger partial charge in [0.05, 0.1) is 0 Å². The summed E-state index contributed by atoms with van der Waals surface area (Å²) in [4.78, 5) is 2.30. The lowest BCUT2D eigenvalue weighted by atomic mass is 9.96. The first-order chi connectivity index (χ1) is 14.8. The van der Waals surface area contributed by atoms with Crippen LogP contribution in [0.1, 0.15) is 0 Å². The van der Waals surface area contributed by atoms with Gasteiger partial charge in [-0.2, -0.15) is 0 Å². The van der Waals surface area contributed by atoms with Crippen molar-refractivity contribution in [2.24, 2.45) is 0 Å². The van der Waals surface area contributed by atoms with Gasteiger partial charge in [0, 0.05) is 17.1 Å². The van der Waals surface area contributed by atoms with E-state index in [-0.39, 0.29) is 0 Å². The zero-order valence-corrected chi connectivity index (χ0v) is 17.0. The molecule has 5 aromatic carbocycles. The van der Waals surface area contributed by atoms with Gasteiger partial charge in [0.25, 0.3) is 0 Å². The summed E-state index contributed by atoms with van der Waals surface area (Å²) in [5, 5.41) is 2.55. The minimum atomic E-state index is 1.15. The highest BCUT2D eigenvalue weighted by molar-refractivity contribution is 6.32. The molecule has 30 heavy (non-hydrogen) atoms. The molecule has 0 aliphatic rings. The van der Waals surface area contributed by atoms with Crippen molar-refractivity contribution in [3.05, 3.63) is 121 Å². The molecule has 0 saturated carbocycles. The molecule has 0 bridgehead atoms. The minimum Gasteiger partial charge on any atom is -0.311 e. The number of hydrogen-bond acceptors (Lipinski definition) is 1. The highest BCUT2D eigenvalue weighted by Gasteiger charge is 2.12. The van der Waals surface area contributed by atoms with Crippen molar-refractivity contribution in [1.29, 1.82) is 0 Å². The molecule has 0 spiro atoms. The monoisotopic (exact) mass is 383 g/mol. The molecule has 142 valence electrons. The van der Waals surface area contributed by atoms with E-state index in [0.29, 0.717) is 0 Å². The lowest BCUT2D eigenvalue weighted by Gasteiger charge is -2.25. The maximum Gasteiger partial charge on any atom is 0.139 e. The molecular formula is C28H22BN. The van der Waals surface area contributed by atoms with Crippen LogP contribution in [0.25, 0.3) is 21.9 Å². The molecule has 0 amide bonds. The molecule has 0 radical (unpaired) electrons. The number of para-hydroxylation sites is 1. The Morgan fingerprint density at radius 3 is 1.77 bits per heavy atom. The highest BCUT2D eigenvalue weighted by Crippen LogP contribution is 2.36. The molecule has 0 saturated heterocycles. The normalized spacial score (nSPS) is 10.8. The Morgan fingerprint density at radius 1 is 0.467 bits per heavy atom. The van der Waals surface area contributed by atoms with Gasteiger partial charge in [-0.05, 0) is 58.3 Å². The number of fused-ring (bicyclic) bond motifs is 1. The second kappa shape index (κ2) is 7.92. The van der Waals surface area contributed by atoms with Crippen LogP contribution in [-0.4, -0.2) is 7.85 Å². The van der Waals surface area contributed by atoms with Crippen LogP contribution in [0.3, 0.4) is 0 Å². The Labute approximate surface area is 178 Å². The minimum absolute atomic E-state index is 1.15. The first-order valence-corrected chi connectivity index (χ1v) is 10.3. The van der Waals surface area contributed by atoms with Crippen molar-refractivity contribution >= 4 is 41.1 Å².